The van der Waals surface area contributed by atoms with E-state index in [0.717, 1.165) is 27.8 Å². The van der Waals surface area contributed by atoms with E-state index in [1.165, 1.54) is 4.90 Å². The molecule has 5 heteroatoms. The molecule has 1 saturated heterocycles. The van der Waals surface area contributed by atoms with Crippen LogP contribution in [0.25, 0.3) is 0 Å². The Morgan fingerprint density at radius 3 is 2.12 bits per heavy atom. The van der Waals surface area contributed by atoms with Crippen LogP contribution in [-0.4, -0.2) is 36.3 Å². The highest BCUT2D eigenvalue weighted by molar-refractivity contribution is 6.24. The summed E-state index contributed by atoms with van der Waals surface area (Å²) < 4.78 is 0. The molecule has 2 amide bonds. The zero-order valence-electron chi connectivity index (χ0n) is 18.4. The van der Waals surface area contributed by atoms with Gasteiger partial charge in [0, 0.05) is 5.92 Å². The summed E-state index contributed by atoms with van der Waals surface area (Å²) in [5.41, 5.74) is 5.23. The molecule has 3 aromatic carbocycles. The van der Waals surface area contributed by atoms with Gasteiger partial charge in [-0.15, -0.1) is 0 Å². The van der Waals surface area contributed by atoms with Gasteiger partial charge in [0.15, 0.2) is 12.8 Å². The van der Waals surface area contributed by atoms with Crippen LogP contribution >= 0.6 is 0 Å². The first-order valence-corrected chi connectivity index (χ1v) is 11.4. The maximum Gasteiger partial charge on any atom is 0.239 e. The number of benzene rings is 3. The number of aliphatic hydroxyl groups is 1. The molecular weight excluding hydrogens is 412 g/mol. The highest BCUT2D eigenvalue weighted by Gasteiger charge is 2.69. The zero-order chi connectivity index (χ0) is 22.7. The van der Waals surface area contributed by atoms with Crippen LogP contribution in [-0.2, 0) is 15.0 Å². The summed E-state index contributed by atoms with van der Waals surface area (Å²) >= 11 is 0. The van der Waals surface area contributed by atoms with E-state index in [9.17, 15) is 14.7 Å². The normalized spacial score (nSPS) is 27.1. The Hall–Kier alpha value is -3.57. The van der Waals surface area contributed by atoms with Gasteiger partial charge in [-0.2, -0.15) is 0 Å². The summed E-state index contributed by atoms with van der Waals surface area (Å²) in [6.45, 7) is 2.34. The standard InChI is InChI=1S/C28H24N2O3/c1-17-10-12-18(13-11-17)30-26(32)24-23-19-6-2-4-8-21(19)28(16-29-14-15-31,25(24)27(30)33)22-9-5-3-7-20(22)23/h2-13,16,23-25,31H,14-15H2,1H3/p+1/t23?,24-,25-,28?/m0/s1. The minimum absolute atomic E-state index is 0.0189. The Balaban J connectivity index is 1.63. The van der Waals surface area contributed by atoms with Gasteiger partial charge >= 0.3 is 0 Å². The lowest BCUT2D eigenvalue weighted by Gasteiger charge is -2.51. The maximum absolute atomic E-state index is 14.1. The Morgan fingerprint density at radius 1 is 0.909 bits per heavy atom. The Bertz CT molecular complexity index is 1260. The number of hydrogen-bond donors (Lipinski definition) is 2. The molecule has 164 valence electrons. The topological polar surface area (TPSA) is 71.6 Å². The fourth-order valence-electron chi connectivity index (χ4n) is 6.32. The van der Waals surface area contributed by atoms with Crippen molar-refractivity contribution in [2.75, 3.05) is 18.1 Å². The predicted molar refractivity (Wildman–Crippen MR) is 125 cm³/mol. The molecule has 0 saturated carbocycles. The molecule has 3 aromatic rings. The molecule has 3 aliphatic carbocycles. The second kappa shape index (κ2) is 7.22. The van der Waals surface area contributed by atoms with E-state index < -0.39 is 17.3 Å². The van der Waals surface area contributed by atoms with Crippen molar-refractivity contribution in [2.45, 2.75) is 18.3 Å². The van der Waals surface area contributed by atoms with Crippen molar-refractivity contribution in [1.29, 1.82) is 0 Å². The third-order valence-electron chi connectivity index (χ3n) is 7.56. The van der Waals surface area contributed by atoms with Crippen molar-refractivity contribution < 1.29 is 19.7 Å². The SMILES string of the molecule is Cc1ccc(N2C(=O)[C@@H]3[C@@H](C2=O)C2c4ccccc4C3(C=[NH+]CCO)c3ccccc32)cc1. The number of carbonyl (C=O) groups is 2. The van der Waals surface area contributed by atoms with Gasteiger partial charge in [-0.25, -0.2) is 9.89 Å². The van der Waals surface area contributed by atoms with Crippen molar-refractivity contribution in [1.82, 2.24) is 0 Å². The summed E-state index contributed by atoms with van der Waals surface area (Å²) in [4.78, 5) is 32.7. The van der Waals surface area contributed by atoms with E-state index in [1.54, 1.807) is 0 Å². The quantitative estimate of drug-likeness (QED) is 0.482. The Labute approximate surface area is 192 Å². The fraction of sp³-hybridized carbons (Fsp3) is 0.250. The number of hydrogen-bond acceptors (Lipinski definition) is 3. The third-order valence-corrected chi connectivity index (χ3v) is 7.56. The first kappa shape index (κ1) is 20.1. The molecule has 2 atom stereocenters. The van der Waals surface area contributed by atoms with E-state index in [-0.39, 0.29) is 24.3 Å². The number of carbonyl (C=O) groups excluding carboxylic acids is 2. The number of aliphatic hydroxyl groups excluding tert-OH is 1. The van der Waals surface area contributed by atoms with E-state index in [0.29, 0.717) is 12.2 Å². The number of aryl methyl sites for hydroxylation is 1. The van der Waals surface area contributed by atoms with Gasteiger partial charge in [0.25, 0.3) is 0 Å². The maximum atomic E-state index is 14.1. The number of imide groups is 1. The van der Waals surface area contributed by atoms with Crippen LogP contribution in [0, 0.1) is 18.8 Å². The molecule has 4 aliphatic rings. The van der Waals surface area contributed by atoms with Crippen molar-refractivity contribution >= 4 is 23.7 Å². The van der Waals surface area contributed by atoms with Crippen LogP contribution in [0.1, 0.15) is 33.7 Å². The second-order valence-corrected chi connectivity index (χ2v) is 9.19. The summed E-state index contributed by atoms with van der Waals surface area (Å²) in [5.74, 6) is -1.49. The molecule has 1 fully saturated rings. The number of nitrogens with one attached hydrogen (secondary N) is 1. The lowest BCUT2D eigenvalue weighted by molar-refractivity contribution is -0.458. The molecule has 33 heavy (non-hydrogen) atoms. The first-order valence-electron chi connectivity index (χ1n) is 11.4. The minimum atomic E-state index is -0.798. The van der Waals surface area contributed by atoms with E-state index in [1.807, 2.05) is 61.7 Å². The van der Waals surface area contributed by atoms with Gasteiger partial charge in [0.05, 0.1) is 17.5 Å². The van der Waals surface area contributed by atoms with Crippen LogP contribution in [0.2, 0.25) is 0 Å². The van der Waals surface area contributed by atoms with Crippen molar-refractivity contribution in [3.63, 3.8) is 0 Å². The summed E-state index contributed by atoms with van der Waals surface area (Å²) in [6.07, 6.45) is 1.96. The molecule has 0 unspecified atom stereocenters. The molecule has 5 nitrogen and oxygen atoms in total. The molecule has 1 aliphatic heterocycles. The summed E-state index contributed by atoms with van der Waals surface area (Å²) in [6, 6.07) is 23.9. The highest BCUT2D eigenvalue weighted by atomic mass is 16.3. The predicted octanol–water partition coefficient (Wildman–Crippen LogP) is 1.69. The number of nitrogens with zero attached hydrogens (tertiary/aromatic N) is 1. The molecule has 0 aromatic heterocycles. The lowest BCUT2D eigenvalue weighted by Crippen LogP contribution is -2.75. The van der Waals surface area contributed by atoms with Crippen LogP contribution in [0.15, 0.2) is 72.8 Å². The largest absolute Gasteiger partial charge is 0.390 e. The fourth-order valence-corrected chi connectivity index (χ4v) is 6.32. The zero-order valence-corrected chi connectivity index (χ0v) is 18.4. The molecule has 2 N–H and O–H groups in total. The smallest absolute Gasteiger partial charge is 0.239 e. The van der Waals surface area contributed by atoms with Gasteiger partial charge in [-0.1, -0.05) is 66.2 Å². The molecule has 0 spiro atoms. The van der Waals surface area contributed by atoms with Gasteiger partial charge in [0.1, 0.15) is 12.0 Å². The van der Waals surface area contributed by atoms with Crippen LogP contribution in [0.5, 0.6) is 0 Å². The van der Waals surface area contributed by atoms with E-state index in [4.69, 9.17) is 0 Å². The highest BCUT2D eigenvalue weighted by Crippen LogP contribution is 2.63. The molecule has 0 radical (unpaired) electrons. The third kappa shape index (κ3) is 2.54. The molecular formula is C28H25N2O3+. The van der Waals surface area contributed by atoms with Crippen molar-refractivity contribution in [3.8, 4) is 0 Å². The lowest BCUT2D eigenvalue weighted by atomic mass is 9.47. The monoisotopic (exact) mass is 437 g/mol. The molecule has 1 heterocycles. The van der Waals surface area contributed by atoms with Gasteiger partial charge < -0.3 is 5.11 Å². The second-order valence-electron chi connectivity index (χ2n) is 9.19. The van der Waals surface area contributed by atoms with Gasteiger partial charge in [-0.3, -0.25) is 9.59 Å². The number of amides is 2. The molecule has 2 bridgehead atoms. The van der Waals surface area contributed by atoms with Crippen molar-refractivity contribution in [2.24, 2.45) is 11.8 Å². The minimum Gasteiger partial charge on any atom is -0.390 e. The van der Waals surface area contributed by atoms with Gasteiger partial charge in [-0.05, 0) is 41.3 Å². The van der Waals surface area contributed by atoms with Crippen LogP contribution in [0.3, 0.4) is 0 Å². The average Bonchev–Trinajstić information content (AvgIpc) is 3.11. The number of anilines is 1. The molecule has 7 rings (SSSR count). The summed E-state index contributed by atoms with van der Waals surface area (Å²) in [5, 5.41) is 9.44. The van der Waals surface area contributed by atoms with Crippen LogP contribution < -0.4 is 9.89 Å². The van der Waals surface area contributed by atoms with Crippen LogP contribution in [0.4, 0.5) is 5.69 Å². The first-order chi connectivity index (χ1) is 16.1. The average molecular weight is 438 g/mol. The van der Waals surface area contributed by atoms with E-state index in [2.05, 4.69) is 29.3 Å². The van der Waals surface area contributed by atoms with Gasteiger partial charge in [0.2, 0.25) is 11.8 Å². The Morgan fingerprint density at radius 2 is 1.52 bits per heavy atom. The Kier molecular flexibility index (Phi) is 4.39. The number of rotatable bonds is 4. The summed E-state index contributed by atoms with van der Waals surface area (Å²) in [7, 11) is 0. The van der Waals surface area contributed by atoms with Crippen molar-refractivity contribution in [3.05, 3.63) is 101 Å². The van der Waals surface area contributed by atoms with E-state index >= 15 is 0 Å².